The molecule has 2 rings (SSSR count). The lowest BCUT2D eigenvalue weighted by atomic mass is 9.79. The molecular weight excluding hydrogens is 453 g/mol. The molecule has 1 aromatic carbocycles. The summed E-state index contributed by atoms with van der Waals surface area (Å²) in [5.74, 6) is -0.241. The summed E-state index contributed by atoms with van der Waals surface area (Å²) in [6, 6.07) is 7.77. The first-order valence-electron chi connectivity index (χ1n) is 12.3. The maximum Gasteiger partial charge on any atom is 0.494 e. The first kappa shape index (κ1) is 29.7. The molecule has 1 heterocycles. The van der Waals surface area contributed by atoms with E-state index in [1.54, 1.807) is 7.11 Å². The van der Waals surface area contributed by atoms with Crippen molar-refractivity contribution in [2.45, 2.75) is 51.9 Å². The standard InChI is InChI=1S/C25H42BNO8/c1-24(2)25(3,4)35-26(34-24)22-8-6-21(7-9-22)20-33-23(28)10-11-27-12-13-30-16-17-32-19-18-31-15-14-29-5/h6-9,27H,10-20H2,1-5H3. The number of methoxy groups -OCH3 is 1. The number of hydrogen-bond acceptors (Lipinski definition) is 9. The fourth-order valence-corrected chi connectivity index (χ4v) is 3.13. The Morgan fingerprint density at radius 3 is 1.94 bits per heavy atom. The topological polar surface area (TPSA) is 93.7 Å². The molecule has 35 heavy (non-hydrogen) atoms. The minimum atomic E-state index is -0.398. The van der Waals surface area contributed by atoms with E-state index in [-0.39, 0.29) is 23.8 Å². The van der Waals surface area contributed by atoms with E-state index < -0.39 is 7.12 Å². The molecule has 1 saturated heterocycles. The molecule has 9 nitrogen and oxygen atoms in total. The Bertz CT molecular complexity index is 713. The summed E-state index contributed by atoms with van der Waals surface area (Å²) < 4.78 is 38.6. The molecule has 0 atom stereocenters. The zero-order chi connectivity index (χ0) is 25.6. The summed E-state index contributed by atoms with van der Waals surface area (Å²) in [5, 5.41) is 3.17. The van der Waals surface area contributed by atoms with Crippen molar-refractivity contribution in [3.8, 4) is 0 Å². The summed E-state index contributed by atoms with van der Waals surface area (Å²) in [6.45, 7) is 13.4. The lowest BCUT2D eigenvalue weighted by Crippen LogP contribution is -2.41. The number of esters is 1. The van der Waals surface area contributed by atoms with Gasteiger partial charge in [0.05, 0.1) is 63.9 Å². The van der Waals surface area contributed by atoms with Crippen LogP contribution in [0.15, 0.2) is 24.3 Å². The van der Waals surface area contributed by atoms with E-state index >= 15 is 0 Å². The molecule has 1 aliphatic heterocycles. The highest BCUT2D eigenvalue weighted by atomic mass is 16.7. The molecule has 0 bridgehead atoms. The maximum atomic E-state index is 12.0. The number of nitrogens with one attached hydrogen (secondary N) is 1. The van der Waals surface area contributed by atoms with E-state index in [0.29, 0.717) is 65.8 Å². The molecule has 1 aliphatic rings. The Kier molecular flexibility index (Phi) is 13.2. The lowest BCUT2D eigenvalue weighted by molar-refractivity contribution is -0.144. The van der Waals surface area contributed by atoms with E-state index in [1.165, 1.54) is 0 Å². The number of carbonyl (C=O) groups excluding carboxylic acids is 1. The van der Waals surface area contributed by atoms with Crippen LogP contribution in [-0.4, -0.2) is 90.7 Å². The Balaban J connectivity index is 1.46. The van der Waals surface area contributed by atoms with Gasteiger partial charge in [0, 0.05) is 20.2 Å². The molecule has 0 aliphatic carbocycles. The van der Waals surface area contributed by atoms with Crippen LogP contribution in [0.25, 0.3) is 0 Å². The molecule has 1 fully saturated rings. The number of carbonyl (C=O) groups is 1. The Morgan fingerprint density at radius 2 is 1.37 bits per heavy atom. The first-order chi connectivity index (χ1) is 16.7. The minimum Gasteiger partial charge on any atom is -0.461 e. The number of hydrogen-bond donors (Lipinski definition) is 1. The maximum absolute atomic E-state index is 12.0. The van der Waals surface area contributed by atoms with Gasteiger partial charge in [-0.3, -0.25) is 4.79 Å². The van der Waals surface area contributed by atoms with Crippen LogP contribution in [0.4, 0.5) is 0 Å². The van der Waals surface area contributed by atoms with Crippen molar-refractivity contribution >= 4 is 18.6 Å². The van der Waals surface area contributed by atoms with Crippen LogP contribution in [-0.2, 0) is 44.4 Å². The number of benzene rings is 1. The van der Waals surface area contributed by atoms with Gasteiger partial charge in [-0.25, -0.2) is 0 Å². The summed E-state index contributed by atoms with van der Waals surface area (Å²) in [5.41, 5.74) is 1.12. The Labute approximate surface area is 210 Å². The molecule has 0 spiro atoms. The second-order valence-corrected chi connectivity index (χ2v) is 9.32. The molecule has 0 amide bonds. The molecule has 10 heteroatoms. The Morgan fingerprint density at radius 1 is 0.829 bits per heavy atom. The van der Waals surface area contributed by atoms with Gasteiger partial charge in [0.1, 0.15) is 6.61 Å². The SMILES string of the molecule is COCCOCCOCCOCCNCCC(=O)OCc1ccc(B2OC(C)(C)C(C)(C)O2)cc1. The van der Waals surface area contributed by atoms with Gasteiger partial charge in [0.25, 0.3) is 0 Å². The van der Waals surface area contributed by atoms with Crippen molar-refractivity contribution in [3.05, 3.63) is 29.8 Å². The second kappa shape index (κ2) is 15.6. The van der Waals surface area contributed by atoms with E-state index in [1.807, 2.05) is 52.0 Å². The molecule has 0 radical (unpaired) electrons. The average molecular weight is 495 g/mol. The van der Waals surface area contributed by atoms with Crippen LogP contribution < -0.4 is 10.8 Å². The van der Waals surface area contributed by atoms with Crippen LogP contribution in [0, 0.1) is 0 Å². The second-order valence-electron chi connectivity index (χ2n) is 9.32. The van der Waals surface area contributed by atoms with Gasteiger partial charge >= 0.3 is 13.1 Å². The van der Waals surface area contributed by atoms with Crippen LogP contribution in [0.2, 0.25) is 0 Å². The van der Waals surface area contributed by atoms with Crippen molar-refractivity contribution in [2.24, 2.45) is 0 Å². The highest BCUT2D eigenvalue weighted by molar-refractivity contribution is 6.62. The van der Waals surface area contributed by atoms with Crippen LogP contribution in [0.5, 0.6) is 0 Å². The fourth-order valence-electron chi connectivity index (χ4n) is 3.13. The zero-order valence-electron chi connectivity index (χ0n) is 21.9. The average Bonchev–Trinajstić information content (AvgIpc) is 3.05. The smallest absolute Gasteiger partial charge is 0.461 e. The summed E-state index contributed by atoms with van der Waals surface area (Å²) in [4.78, 5) is 12.0. The van der Waals surface area contributed by atoms with Crippen molar-refractivity contribution in [1.29, 1.82) is 0 Å². The van der Waals surface area contributed by atoms with Crippen LogP contribution >= 0.6 is 0 Å². The highest BCUT2D eigenvalue weighted by Gasteiger charge is 2.51. The van der Waals surface area contributed by atoms with E-state index in [0.717, 1.165) is 11.0 Å². The zero-order valence-corrected chi connectivity index (χ0v) is 21.9. The monoisotopic (exact) mass is 495 g/mol. The summed E-state index contributed by atoms with van der Waals surface area (Å²) >= 11 is 0. The van der Waals surface area contributed by atoms with E-state index in [2.05, 4.69) is 5.32 Å². The van der Waals surface area contributed by atoms with Gasteiger partial charge in [-0.15, -0.1) is 0 Å². The lowest BCUT2D eigenvalue weighted by Gasteiger charge is -2.32. The third kappa shape index (κ3) is 11.0. The van der Waals surface area contributed by atoms with Crippen molar-refractivity contribution in [1.82, 2.24) is 5.32 Å². The quantitative estimate of drug-likeness (QED) is 0.186. The van der Waals surface area contributed by atoms with Crippen LogP contribution in [0.1, 0.15) is 39.7 Å². The summed E-state index contributed by atoms with van der Waals surface area (Å²) in [6.07, 6.45) is 0.304. The van der Waals surface area contributed by atoms with Gasteiger partial charge in [0.2, 0.25) is 0 Å². The molecule has 1 N–H and O–H groups in total. The predicted molar refractivity (Wildman–Crippen MR) is 134 cm³/mol. The minimum absolute atomic E-state index is 0.239. The number of rotatable bonds is 18. The first-order valence-corrected chi connectivity index (χ1v) is 12.3. The van der Waals surface area contributed by atoms with Crippen molar-refractivity contribution < 1.29 is 37.8 Å². The van der Waals surface area contributed by atoms with Gasteiger partial charge in [-0.2, -0.15) is 0 Å². The molecule has 1 aromatic rings. The van der Waals surface area contributed by atoms with E-state index in [4.69, 9.17) is 33.0 Å². The highest BCUT2D eigenvalue weighted by Crippen LogP contribution is 2.36. The van der Waals surface area contributed by atoms with Gasteiger partial charge < -0.3 is 38.3 Å². The fraction of sp³-hybridized carbons (Fsp3) is 0.720. The van der Waals surface area contributed by atoms with Gasteiger partial charge in [-0.05, 0) is 38.7 Å². The largest absolute Gasteiger partial charge is 0.494 e. The summed E-state index contributed by atoms with van der Waals surface area (Å²) in [7, 11) is 1.24. The van der Waals surface area contributed by atoms with Crippen molar-refractivity contribution in [2.75, 3.05) is 66.4 Å². The van der Waals surface area contributed by atoms with Crippen molar-refractivity contribution in [3.63, 3.8) is 0 Å². The third-order valence-corrected chi connectivity index (χ3v) is 6.01. The van der Waals surface area contributed by atoms with Gasteiger partial charge in [-0.1, -0.05) is 24.3 Å². The molecule has 0 saturated carbocycles. The number of ether oxygens (including phenoxy) is 5. The molecule has 198 valence electrons. The Hall–Kier alpha value is -1.53. The predicted octanol–water partition coefficient (Wildman–Crippen LogP) is 1.70. The van der Waals surface area contributed by atoms with E-state index in [9.17, 15) is 4.79 Å². The van der Waals surface area contributed by atoms with Gasteiger partial charge in [0.15, 0.2) is 0 Å². The molecular formula is C25H42BNO8. The molecule has 0 unspecified atom stereocenters. The molecule has 0 aromatic heterocycles. The normalized spacial score (nSPS) is 16.5. The third-order valence-electron chi connectivity index (χ3n) is 6.01. The van der Waals surface area contributed by atoms with Crippen LogP contribution in [0.3, 0.4) is 0 Å².